The molecule has 0 unspecified atom stereocenters. The molecule has 29 heavy (non-hydrogen) atoms. The van der Waals surface area contributed by atoms with Crippen molar-refractivity contribution in [2.24, 2.45) is 0 Å². The normalized spacial score (nSPS) is 27.4. The molecule has 7 heteroatoms. The zero-order valence-electron chi connectivity index (χ0n) is 18.2. The molecule has 0 aromatic heterocycles. The highest BCUT2D eigenvalue weighted by Crippen LogP contribution is 2.22. The SMILES string of the molecule is CCCCCCCCCCCCCCCCOO[C@@H]1O[C@H](CO)[C@H](O)[C@H](O)[C@H]1O. The summed E-state index contributed by atoms with van der Waals surface area (Å²) in [5.74, 6) is 0. The monoisotopic (exact) mass is 420 g/mol. The summed E-state index contributed by atoms with van der Waals surface area (Å²) >= 11 is 0. The van der Waals surface area contributed by atoms with Crippen LogP contribution in [0, 0.1) is 0 Å². The number of aliphatic hydroxyl groups is 4. The minimum Gasteiger partial charge on any atom is -0.394 e. The van der Waals surface area contributed by atoms with Gasteiger partial charge in [0.15, 0.2) is 0 Å². The fourth-order valence-corrected chi connectivity index (χ4v) is 3.62. The largest absolute Gasteiger partial charge is 0.394 e. The third kappa shape index (κ3) is 11.6. The first-order valence-corrected chi connectivity index (χ1v) is 11.7. The van der Waals surface area contributed by atoms with Gasteiger partial charge in [-0.2, -0.15) is 0 Å². The van der Waals surface area contributed by atoms with Crippen molar-refractivity contribution < 1.29 is 34.9 Å². The van der Waals surface area contributed by atoms with Crippen LogP contribution >= 0.6 is 0 Å². The van der Waals surface area contributed by atoms with Crippen LogP contribution in [0.1, 0.15) is 96.8 Å². The maximum absolute atomic E-state index is 9.83. The minimum absolute atomic E-state index is 0.368. The first kappa shape index (κ1) is 26.8. The lowest BCUT2D eigenvalue weighted by Gasteiger charge is -2.38. The molecule has 0 aliphatic carbocycles. The van der Waals surface area contributed by atoms with Crippen LogP contribution in [0.2, 0.25) is 0 Å². The van der Waals surface area contributed by atoms with Gasteiger partial charge in [0.1, 0.15) is 24.4 Å². The molecular formula is C22H44O7. The Kier molecular flexibility index (Phi) is 16.1. The average molecular weight is 421 g/mol. The number of unbranched alkanes of at least 4 members (excludes halogenated alkanes) is 13. The smallest absolute Gasteiger partial charge is 0.220 e. The molecule has 1 fully saturated rings. The van der Waals surface area contributed by atoms with E-state index in [1.54, 1.807) is 0 Å². The highest BCUT2D eigenvalue weighted by Gasteiger charge is 2.44. The molecule has 1 rings (SSSR count). The van der Waals surface area contributed by atoms with E-state index in [2.05, 4.69) is 6.92 Å². The summed E-state index contributed by atoms with van der Waals surface area (Å²) in [6.45, 7) is 2.14. The molecule has 1 aliphatic heterocycles. The maximum Gasteiger partial charge on any atom is 0.220 e. The van der Waals surface area contributed by atoms with Gasteiger partial charge < -0.3 is 25.2 Å². The van der Waals surface area contributed by atoms with E-state index >= 15 is 0 Å². The molecule has 0 spiro atoms. The number of aliphatic hydroxyl groups excluding tert-OH is 4. The minimum atomic E-state index is -1.45. The fourth-order valence-electron chi connectivity index (χ4n) is 3.62. The third-order valence-corrected chi connectivity index (χ3v) is 5.59. The quantitative estimate of drug-likeness (QED) is 0.153. The first-order valence-electron chi connectivity index (χ1n) is 11.7. The van der Waals surface area contributed by atoms with Crippen molar-refractivity contribution in [1.82, 2.24) is 0 Å². The molecule has 1 aliphatic rings. The van der Waals surface area contributed by atoms with Crippen LogP contribution in [-0.4, -0.2) is 64.3 Å². The zero-order chi connectivity index (χ0) is 21.3. The standard InChI is InChI=1S/C22H44O7/c1-2-3-4-5-6-7-8-9-10-11-12-13-14-15-16-27-29-22-21(26)20(25)19(24)18(17-23)28-22/h18-26H,2-17H2,1H3/t18-,19+,20+,21-,22+/m1/s1. The molecule has 7 nitrogen and oxygen atoms in total. The highest BCUT2D eigenvalue weighted by molar-refractivity contribution is 4.88. The Balaban J connectivity index is 1.88. The van der Waals surface area contributed by atoms with Crippen molar-refractivity contribution in [3.63, 3.8) is 0 Å². The van der Waals surface area contributed by atoms with E-state index in [4.69, 9.17) is 19.6 Å². The van der Waals surface area contributed by atoms with Crippen LogP contribution < -0.4 is 0 Å². The average Bonchev–Trinajstić information content (AvgIpc) is 2.73. The van der Waals surface area contributed by atoms with Gasteiger partial charge in [0.25, 0.3) is 0 Å². The molecule has 0 aromatic rings. The van der Waals surface area contributed by atoms with Crippen molar-refractivity contribution >= 4 is 0 Å². The van der Waals surface area contributed by atoms with Crippen LogP contribution in [0.5, 0.6) is 0 Å². The Morgan fingerprint density at radius 2 is 1.14 bits per heavy atom. The molecule has 1 saturated heterocycles. The molecule has 5 atom stereocenters. The van der Waals surface area contributed by atoms with Gasteiger partial charge in [-0.15, -0.1) is 0 Å². The number of hydrogen-bond donors (Lipinski definition) is 4. The van der Waals surface area contributed by atoms with Crippen LogP contribution in [-0.2, 0) is 14.5 Å². The van der Waals surface area contributed by atoms with Gasteiger partial charge in [0.05, 0.1) is 13.2 Å². The topological polar surface area (TPSA) is 109 Å². The maximum atomic E-state index is 9.83. The lowest BCUT2D eigenvalue weighted by atomic mass is 9.99. The van der Waals surface area contributed by atoms with Gasteiger partial charge in [-0.1, -0.05) is 90.4 Å². The Bertz CT molecular complexity index is 367. The van der Waals surface area contributed by atoms with Crippen molar-refractivity contribution in [2.75, 3.05) is 13.2 Å². The molecule has 0 amide bonds. The van der Waals surface area contributed by atoms with Crippen molar-refractivity contribution in [2.45, 2.75) is 128 Å². The molecule has 1 heterocycles. The van der Waals surface area contributed by atoms with Gasteiger partial charge in [0, 0.05) is 0 Å². The van der Waals surface area contributed by atoms with E-state index in [1.807, 2.05) is 0 Å². The van der Waals surface area contributed by atoms with Crippen LogP contribution in [0.15, 0.2) is 0 Å². The second kappa shape index (κ2) is 17.4. The van der Waals surface area contributed by atoms with Gasteiger partial charge in [-0.25, -0.2) is 9.78 Å². The lowest BCUT2D eigenvalue weighted by Crippen LogP contribution is -2.59. The van der Waals surface area contributed by atoms with E-state index in [0.29, 0.717) is 6.61 Å². The third-order valence-electron chi connectivity index (χ3n) is 5.59. The van der Waals surface area contributed by atoms with Gasteiger partial charge >= 0.3 is 0 Å². The highest BCUT2D eigenvalue weighted by atomic mass is 17.2. The molecule has 0 saturated carbocycles. The Hall–Kier alpha value is -0.280. The van der Waals surface area contributed by atoms with Crippen LogP contribution in [0.25, 0.3) is 0 Å². The summed E-state index contributed by atoms with van der Waals surface area (Å²) in [4.78, 5) is 10.1. The van der Waals surface area contributed by atoms with Gasteiger partial charge in [-0.05, 0) is 6.42 Å². The van der Waals surface area contributed by atoms with Crippen molar-refractivity contribution in [3.8, 4) is 0 Å². The molecule has 0 radical (unpaired) electrons. The van der Waals surface area contributed by atoms with E-state index in [1.165, 1.54) is 77.0 Å². The van der Waals surface area contributed by atoms with Crippen molar-refractivity contribution in [1.29, 1.82) is 0 Å². The van der Waals surface area contributed by atoms with Crippen LogP contribution in [0.4, 0.5) is 0 Å². The fraction of sp³-hybridized carbons (Fsp3) is 1.00. The summed E-state index contributed by atoms with van der Waals surface area (Å²) in [5.41, 5.74) is 0. The molecular weight excluding hydrogens is 376 g/mol. The summed E-state index contributed by atoms with van der Waals surface area (Å²) < 4.78 is 5.20. The molecule has 174 valence electrons. The number of hydrogen-bond acceptors (Lipinski definition) is 7. The summed E-state index contributed by atoms with van der Waals surface area (Å²) in [6.07, 6.45) is 11.4. The van der Waals surface area contributed by atoms with E-state index < -0.39 is 37.3 Å². The zero-order valence-corrected chi connectivity index (χ0v) is 18.2. The summed E-state index contributed by atoms with van der Waals surface area (Å²) in [5, 5.41) is 38.3. The van der Waals surface area contributed by atoms with Crippen LogP contribution in [0.3, 0.4) is 0 Å². The Morgan fingerprint density at radius 3 is 1.62 bits per heavy atom. The number of ether oxygens (including phenoxy) is 1. The second-order valence-corrected chi connectivity index (χ2v) is 8.21. The van der Waals surface area contributed by atoms with Gasteiger partial charge in [-0.3, -0.25) is 0 Å². The first-order chi connectivity index (χ1) is 14.1. The summed E-state index contributed by atoms with van der Waals surface area (Å²) in [7, 11) is 0. The summed E-state index contributed by atoms with van der Waals surface area (Å²) in [6, 6.07) is 0. The second-order valence-electron chi connectivity index (χ2n) is 8.21. The van der Waals surface area contributed by atoms with E-state index in [0.717, 1.165) is 12.8 Å². The van der Waals surface area contributed by atoms with Gasteiger partial charge in [0.2, 0.25) is 6.29 Å². The molecule has 0 bridgehead atoms. The van der Waals surface area contributed by atoms with E-state index in [-0.39, 0.29) is 0 Å². The predicted molar refractivity (Wildman–Crippen MR) is 111 cm³/mol. The Morgan fingerprint density at radius 1 is 0.655 bits per heavy atom. The molecule has 4 N–H and O–H groups in total. The van der Waals surface area contributed by atoms with E-state index in [9.17, 15) is 15.3 Å². The molecule has 0 aromatic carbocycles. The number of rotatable bonds is 18. The lowest BCUT2D eigenvalue weighted by molar-refractivity contribution is -0.425. The Labute approximate surface area is 176 Å². The predicted octanol–water partition coefficient (Wildman–Crippen LogP) is 3.22. The van der Waals surface area contributed by atoms with Crippen molar-refractivity contribution in [3.05, 3.63) is 0 Å².